The van der Waals surface area contributed by atoms with Gasteiger partial charge in [0.2, 0.25) is 0 Å². The highest BCUT2D eigenvalue weighted by atomic mass is 16.5. The Morgan fingerprint density at radius 2 is 1.64 bits per heavy atom. The van der Waals surface area contributed by atoms with E-state index in [0.717, 1.165) is 18.3 Å². The van der Waals surface area contributed by atoms with Gasteiger partial charge >= 0.3 is 5.97 Å². The molecule has 4 aliphatic carbocycles. The number of carbonyl (C=O) groups excluding carboxylic acids is 1. The molecule has 204 valence electrons. The summed E-state index contributed by atoms with van der Waals surface area (Å²) in [6.07, 6.45) is 14.0. The lowest BCUT2D eigenvalue weighted by Gasteiger charge is -2.62. The number of fused-ring (bicyclic) bond motifs is 4. The first kappa shape index (κ1) is 28.0. The standard InChI is InChI=1S/C34H56O2/c1-11-25(22(2)3)13-12-23(4)26-16-20-34(10)28-14-15-29-31(6,7)30(36-24(5)35)18-19-32(29,8)27(28)17-21-33(26,34)9/h23,26,29-30H,11-21H2,1-10H3. The highest BCUT2D eigenvalue weighted by Crippen LogP contribution is 2.72. The summed E-state index contributed by atoms with van der Waals surface area (Å²) in [6.45, 7) is 23.8. The lowest BCUT2D eigenvalue weighted by atomic mass is 9.43. The maximum Gasteiger partial charge on any atom is 0.302 e. The van der Waals surface area contributed by atoms with E-state index in [0.29, 0.717) is 16.7 Å². The predicted octanol–water partition coefficient (Wildman–Crippen LogP) is 9.83. The molecule has 0 spiro atoms. The van der Waals surface area contributed by atoms with Crippen molar-refractivity contribution in [3.8, 4) is 0 Å². The van der Waals surface area contributed by atoms with Crippen LogP contribution in [0.15, 0.2) is 22.3 Å². The monoisotopic (exact) mass is 496 g/mol. The van der Waals surface area contributed by atoms with Gasteiger partial charge in [-0.2, -0.15) is 0 Å². The highest BCUT2D eigenvalue weighted by Gasteiger charge is 2.63. The molecular weight excluding hydrogens is 440 g/mol. The minimum atomic E-state index is -0.116. The fourth-order valence-corrected chi connectivity index (χ4v) is 10.4. The zero-order valence-electron chi connectivity index (χ0n) is 25.4. The van der Waals surface area contributed by atoms with Crippen molar-refractivity contribution in [1.29, 1.82) is 0 Å². The van der Waals surface area contributed by atoms with E-state index < -0.39 is 0 Å². The Morgan fingerprint density at radius 1 is 0.944 bits per heavy atom. The molecule has 0 aromatic heterocycles. The Bertz CT molecular complexity index is 933. The van der Waals surface area contributed by atoms with Gasteiger partial charge < -0.3 is 4.74 Å². The Hall–Kier alpha value is -1.05. The second-order valence-electron chi connectivity index (χ2n) is 14.8. The molecule has 0 heterocycles. The SMILES string of the molecule is CCC(CCC(C)C1CCC2(C)C3=C(CCC12C)C1(C)CCC(OC(C)=O)C(C)(C)C1CC3)=C(C)C. The van der Waals surface area contributed by atoms with Gasteiger partial charge in [0.1, 0.15) is 6.10 Å². The first-order chi connectivity index (χ1) is 16.7. The van der Waals surface area contributed by atoms with Crippen LogP contribution in [-0.4, -0.2) is 12.1 Å². The maximum atomic E-state index is 11.9. The van der Waals surface area contributed by atoms with Crippen molar-refractivity contribution in [2.75, 3.05) is 0 Å². The van der Waals surface area contributed by atoms with Crippen LogP contribution in [-0.2, 0) is 9.53 Å². The molecule has 0 aliphatic heterocycles. The van der Waals surface area contributed by atoms with Gasteiger partial charge in [0.05, 0.1) is 0 Å². The zero-order valence-corrected chi connectivity index (χ0v) is 25.4. The van der Waals surface area contributed by atoms with Gasteiger partial charge in [-0.25, -0.2) is 0 Å². The van der Waals surface area contributed by atoms with Crippen LogP contribution in [0.1, 0.15) is 140 Å². The first-order valence-electron chi connectivity index (χ1n) is 15.3. The van der Waals surface area contributed by atoms with E-state index in [1.54, 1.807) is 12.5 Å². The van der Waals surface area contributed by atoms with Gasteiger partial charge in [-0.1, -0.05) is 70.8 Å². The van der Waals surface area contributed by atoms with E-state index in [-0.39, 0.29) is 22.9 Å². The van der Waals surface area contributed by atoms with E-state index in [2.05, 4.69) is 62.3 Å². The molecule has 2 heteroatoms. The van der Waals surface area contributed by atoms with Crippen molar-refractivity contribution >= 4 is 5.97 Å². The minimum Gasteiger partial charge on any atom is -0.462 e. The van der Waals surface area contributed by atoms with Crippen LogP contribution in [0.2, 0.25) is 0 Å². The average Bonchev–Trinajstić information content (AvgIpc) is 3.07. The summed E-state index contributed by atoms with van der Waals surface area (Å²) in [7, 11) is 0. The molecule has 4 rings (SSSR count). The molecule has 7 unspecified atom stereocenters. The van der Waals surface area contributed by atoms with E-state index in [1.165, 1.54) is 69.8 Å². The molecule has 0 amide bonds. The lowest BCUT2D eigenvalue weighted by Crippen LogP contribution is -2.55. The van der Waals surface area contributed by atoms with Crippen LogP contribution in [0.5, 0.6) is 0 Å². The molecule has 7 atom stereocenters. The predicted molar refractivity (Wildman–Crippen MR) is 152 cm³/mol. The molecule has 0 aromatic carbocycles. The van der Waals surface area contributed by atoms with Crippen LogP contribution in [0.25, 0.3) is 0 Å². The number of carbonyl (C=O) groups is 1. The third-order valence-corrected chi connectivity index (χ3v) is 12.8. The molecule has 36 heavy (non-hydrogen) atoms. The summed E-state index contributed by atoms with van der Waals surface area (Å²) in [4.78, 5) is 11.9. The van der Waals surface area contributed by atoms with Gasteiger partial charge in [0.15, 0.2) is 0 Å². The Balaban J connectivity index is 1.61. The summed E-state index contributed by atoms with van der Waals surface area (Å²) < 4.78 is 5.89. The molecule has 0 aromatic rings. The third kappa shape index (κ3) is 4.16. The second-order valence-corrected chi connectivity index (χ2v) is 14.8. The molecule has 0 bridgehead atoms. The van der Waals surface area contributed by atoms with Crippen molar-refractivity contribution in [2.45, 2.75) is 146 Å². The zero-order chi connectivity index (χ0) is 26.7. The van der Waals surface area contributed by atoms with Gasteiger partial charge in [0.25, 0.3) is 0 Å². The van der Waals surface area contributed by atoms with Gasteiger partial charge in [0, 0.05) is 12.3 Å². The van der Waals surface area contributed by atoms with Gasteiger partial charge in [-0.15, -0.1) is 0 Å². The van der Waals surface area contributed by atoms with E-state index >= 15 is 0 Å². The smallest absolute Gasteiger partial charge is 0.302 e. The van der Waals surface area contributed by atoms with Crippen molar-refractivity contribution < 1.29 is 9.53 Å². The van der Waals surface area contributed by atoms with Crippen molar-refractivity contribution in [2.24, 2.45) is 39.4 Å². The van der Waals surface area contributed by atoms with E-state index in [4.69, 9.17) is 4.74 Å². The second kappa shape index (κ2) is 9.60. The fourth-order valence-electron chi connectivity index (χ4n) is 10.4. The topological polar surface area (TPSA) is 26.3 Å². The molecule has 0 radical (unpaired) electrons. The van der Waals surface area contributed by atoms with Gasteiger partial charge in [-0.05, 0) is 118 Å². The molecule has 2 nitrogen and oxygen atoms in total. The molecule has 0 saturated heterocycles. The fraction of sp³-hybridized carbons (Fsp3) is 0.853. The van der Waals surface area contributed by atoms with Crippen LogP contribution < -0.4 is 0 Å². The summed E-state index contributed by atoms with van der Waals surface area (Å²) in [5.41, 5.74) is 8.00. The summed E-state index contributed by atoms with van der Waals surface area (Å²) in [5, 5.41) is 0. The molecule has 0 N–H and O–H groups in total. The molecule has 4 aliphatic rings. The Kier molecular flexibility index (Phi) is 7.46. The van der Waals surface area contributed by atoms with Crippen LogP contribution >= 0.6 is 0 Å². The largest absolute Gasteiger partial charge is 0.462 e. The Labute approximate surface area is 223 Å². The number of allylic oxidation sites excluding steroid dienone is 4. The maximum absolute atomic E-state index is 11.9. The lowest BCUT2D eigenvalue weighted by molar-refractivity contribution is -0.167. The van der Waals surface area contributed by atoms with E-state index in [1.807, 2.05) is 11.1 Å². The van der Waals surface area contributed by atoms with Crippen LogP contribution in [0.4, 0.5) is 0 Å². The molecule has 2 saturated carbocycles. The van der Waals surface area contributed by atoms with Crippen LogP contribution in [0.3, 0.4) is 0 Å². The quantitative estimate of drug-likeness (QED) is 0.270. The van der Waals surface area contributed by atoms with Crippen molar-refractivity contribution in [3.05, 3.63) is 22.3 Å². The summed E-state index contributed by atoms with van der Waals surface area (Å²) in [6, 6.07) is 0. The number of hydrogen-bond donors (Lipinski definition) is 0. The van der Waals surface area contributed by atoms with Crippen molar-refractivity contribution in [1.82, 2.24) is 0 Å². The number of esters is 1. The highest BCUT2D eigenvalue weighted by molar-refractivity contribution is 5.66. The number of ether oxygens (including phenoxy) is 1. The van der Waals surface area contributed by atoms with Crippen molar-refractivity contribution in [3.63, 3.8) is 0 Å². The summed E-state index contributed by atoms with van der Waals surface area (Å²) in [5.74, 6) is 2.12. The Morgan fingerprint density at radius 3 is 2.25 bits per heavy atom. The van der Waals surface area contributed by atoms with Crippen LogP contribution in [0, 0.1) is 39.4 Å². The normalized spacial score (nSPS) is 40.1. The number of hydrogen-bond acceptors (Lipinski definition) is 2. The average molecular weight is 497 g/mol. The summed E-state index contributed by atoms with van der Waals surface area (Å²) >= 11 is 0. The molecule has 2 fully saturated rings. The first-order valence-corrected chi connectivity index (χ1v) is 15.3. The third-order valence-electron chi connectivity index (χ3n) is 12.8. The molecular formula is C34H56O2. The van der Waals surface area contributed by atoms with E-state index in [9.17, 15) is 4.79 Å². The van der Waals surface area contributed by atoms with Gasteiger partial charge in [-0.3, -0.25) is 4.79 Å². The minimum absolute atomic E-state index is 0.0352. The number of rotatable bonds is 6.